The Balaban J connectivity index is 2.13. The first kappa shape index (κ1) is 14.3. The highest BCUT2D eigenvalue weighted by Gasteiger charge is 2.50. The highest BCUT2D eigenvalue weighted by atomic mass is 32.2. The van der Waals surface area contributed by atoms with Crippen LogP contribution in [-0.4, -0.2) is 41.9 Å². The minimum absolute atomic E-state index is 0.0122. The fraction of sp³-hybridized carbons (Fsp3) is 0.833. The summed E-state index contributed by atoms with van der Waals surface area (Å²) in [4.78, 5) is 23.4. The zero-order chi connectivity index (χ0) is 14.3. The van der Waals surface area contributed by atoms with Gasteiger partial charge in [-0.1, -0.05) is 6.42 Å². The maximum atomic E-state index is 12.1. The number of hydrogen-bond acceptors (Lipinski definition) is 4. The SMILES string of the molecule is CC(NC(=O)C1CCCCS1(=O)=O)(C(=O)O)C1CC1. The van der Waals surface area contributed by atoms with Crippen molar-refractivity contribution in [2.75, 3.05) is 5.75 Å². The van der Waals surface area contributed by atoms with Crippen LogP contribution in [0.25, 0.3) is 0 Å². The van der Waals surface area contributed by atoms with Crippen LogP contribution in [0.4, 0.5) is 0 Å². The van der Waals surface area contributed by atoms with Crippen molar-refractivity contribution in [3.8, 4) is 0 Å². The van der Waals surface area contributed by atoms with Crippen molar-refractivity contribution in [1.82, 2.24) is 5.32 Å². The molecule has 2 fully saturated rings. The Morgan fingerprint density at radius 2 is 1.84 bits per heavy atom. The summed E-state index contributed by atoms with van der Waals surface area (Å²) in [5.41, 5.74) is -1.34. The Morgan fingerprint density at radius 3 is 2.32 bits per heavy atom. The van der Waals surface area contributed by atoms with E-state index in [0.29, 0.717) is 12.8 Å². The number of carbonyl (C=O) groups is 2. The monoisotopic (exact) mass is 289 g/mol. The summed E-state index contributed by atoms with van der Waals surface area (Å²) in [7, 11) is -3.43. The van der Waals surface area contributed by atoms with Gasteiger partial charge < -0.3 is 10.4 Å². The molecule has 2 unspecified atom stereocenters. The minimum Gasteiger partial charge on any atom is -0.480 e. The van der Waals surface area contributed by atoms with Crippen molar-refractivity contribution in [3.63, 3.8) is 0 Å². The van der Waals surface area contributed by atoms with Gasteiger partial charge in [-0.2, -0.15) is 0 Å². The van der Waals surface area contributed by atoms with E-state index in [1.165, 1.54) is 6.92 Å². The number of nitrogens with one attached hydrogen (secondary N) is 1. The van der Waals surface area contributed by atoms with Crippen LogP contribution in [0.5, 0.6) is 0 Å². The van der Waals surface area contributed by atoms with Gasteiger partial charge >= 0.3 is 5.97 Å². The lowest BCUT2D eigenvalue weighted by atomic mass is 9.95. The summed E-state index contributed by atoms with van der Waals surface area (Å²) in [6, 6.07) is 0. The van der Waals surface area contributed by atoms with Gasteiger partial charge in [-0.25, -0.2) is 13.2 Å². The molecule has 0 aromatic carbocycles. The molecule has 1 aliphatic heterocycles. The van der Waals surface area contributed by atoms with Gasteiger partial charge in [-0.15, -0.1) is 0 Å². The summed E-state index contributed by atoms with van der Waals surface area (Å²) < 4.78 is 23.7. The highest BCUT2D eigenvalue weighted by Crippen LogP contribution is 2.40. The van der Waals surface area contributed by atoms with E-state index in [-0.39, 0.29) is 18.1 Å². The third-order valence-corrected chi connectivity index (χ3v) is 6.27. The molecule has 108 valence electrons. The standard InChI is InChI=1S/C12H19NO5S/c1-12(11(15)16,8-5-6-8)13-10(14)9-4-2-3-7-19(9,17)18/h8-9H,2-7H2,1H3,(H,13,14)(H,15,16). The molecule has 1 heterocycles. The Kier molecular flexibility index (Phi) is 3.59. The first-order chi connectivity index (χ1) is 8.77. The normalized spacial score (nSPS) is 29.2. The number of aliphatic carboxylic acids is 1. The number of carboxylic acids is 1. The topological polar surface area (TPSA) is 101 Å². The lowest BCUT2D eigenvalue weighted by Gasteiger charge is -2.29. The van der Waals surface area contributed by atoms with Gasteiger partial charge in [0.2, 0.25) is 5.91 Å². The average Bonchev–Trinajstić information content (AvgIpc) is 3.11. The summed E-state index contributed by atoms with van der Waals surface area (Å²) in [6.07, 6.45) is 3.05. The van der Waals surface area contributed by atoms with Crippen molar-refractivity contribution < 1.29 is 23.1 Å². The average molecular weight is 289 g/mol. The molecule has 0 aromatic heterocycles. The summed E-state index contributed by atoms with van der Waals surface area (Å²) in [5, 5.41) is 10.6. The highest BCUT2D eigenvalue weighted by molar-refractivity contribution is 7.92. The predicted octanol–water partition coefficient (Wildman–Crippen LogP) is 0.323. The molecule has 7 heteroatoms. The summed E-state index contributed by atoms with van der Waals surface area (Å²) in [5.74, 6) is -1.84. The predicted molar refractivity (Wildman–Crippen MR) is 68.3 cm³/mol. The first-order valence-corrected chi connectivity index (χ1v) is 8.26. The molecule has 2 aliphatic rings. The maximum Gasteiger partial charge on any atom is 0.329 e. The van der Waals surface area contributed by atoms with Gasteiger partial charge in [0, 0.05) is 0 Å². The second-order valence-electron chi connectivity index (χ2n) is 5.62. The lowest BCUT2D eigenvalue weighted by molar-refractivity contribution is -0.147. The van der Waals surface area contributed by atoms with E-state index in [0.717, 1.165) is 12.8 Å². The van der Waals surface area contributed by atoms with Crippen molar-refractivity contribution in [2.45, 2.75) is 49.8 Å². The largest absolute Gasteiger partial charge is 0.480 e. The molecule has 0 spiro atoms. The van der Waals surface area contributed by atoms with Crippen LogP contribution in [0.3, 0.4) is 0 Å². The molecule has 1 amide bonds. The molecule has 19 heavy (non-hydrogen) atoms. The Bertz CT molecular complexity index is 496. The molecule has 2 N–H and O–H groups in total. The zero-order valence-corrected chi connectivity index (χ0v) is 11.7. The van der Waals surface area contributed by atoms with Crippen LogP contribution < -0.4 is 5.32 Å². The maximum absolute atomic E-state index is 12.1. The van der Waals surface area contributed by atoms with Crippen LogP contribution in [0.15, 0.2) is 0 Å². The van der Waals surface area contributed by atoms with Crippen molar-refractivity contribution >= 4 is 21.7 Å². The van der Waals surface area contributed by atoms with Crippen molar-refractivity contribution in [3.05, 3.63) is 0 Å². The van der Waals surface area contributed by atoms with Gasteiger partial charge in [0.05, 0.1) is 5.75 Å². The lowest BCUT2D eigenvalue weighted by Crippen LogP contribution is -2.58. The Labute approximate surface area is 112 Å². The van der Waals surface area contributed by atoms with Gasteiger partial charge in [-0.3, -0.25) is 4.79 Å². The van der Waals surface area contributed by atoms with Crippen molar-refractivity contribution in [1.29, 1.82) is 0 Å². The second kappa shape index (κ2) is 4.77. The van der Waals surface area contributed by atoms with Crippen LogP contribution in [-0.2, 0) is 19.4 Å². The van der Waals surface area contributed by atoms with E-state index in [2.05, 4.69) is 5.32 Å². The number of rotatable bonds is 4. The zero-order valence-electron chi connectivity index (χ0n) is 10.9. The van der Waals surface area contributed by atoms with E-state index in [1.54, 1.807) is 0 Å². The summed E-state index contributed by atoms with van der Waals surface area (Å²) >= 11 is 0. The fourth-order valence-electron chi connectivity index (χ4n) is 2.58. The molecule has 6 nitrogen and oxygen atoms in total. The van der Waals surface area contributed by atoms with Gasteiger partial charge in [0.15, 0.2) is 9.84 Å². The molecule has 1 aliphatic carbocycles. The second-order valence-corrected chi connectivity index (χ2v) is 7.93. The van der Waals surface area contributed by atoms with Gasteiger partial charge in [0.25, 0.3) is 0 Å². The Morgan fingerprint density at radius 1 is 1.21 bits per heavy atom. The van der Waals surface area contributed by atoms with Gasteiger partial charge in [0.1, 0.15) is 10.8 Å². The number of carbonyl (C=O) groups excluding carboxylic acids is 1. The molecular weight excluding hydrogens is 270 g/mol. The van der Waals surface area contributed by atoms with Crippen LogP contribution >= 0.6 is 0 Å². The molecule has 1 saturated heterocycles. The first-order valence-electron chi connectivity index (χ1n) is 6.54. The molecule has 0 bridgehead atoms. The Hall–Kier alpha value is -1.11. The number of amides is 1. The molecule has 0 aromatic rings. The molecule has 2 atom stereocenters. The fourth-order valence-corrected chi connectivity index (χ4v) is 4.38. The van der Waals surface area contributed by atoms with Crippen molar-refractivity contribution in [2.24, 2.45) is 5.92 Å². The quantitative estimate of drug-likeness (QED) is 0.776. The third kappa shape index (κ3) is 2.75. The summed E-state index contributed by atoms with van der Waals surface area (Å²) in [6.45, 7) is 1.46. The van der Waals surface area contributed by atoms with E-state index in [4.69, 9.17) is 0 Å². The molecule has 0 radical (unpaired) electrons. The number of hydrogen-bond donors (Lipinski definition) is 2. The molecule has 1 saturated carbocycles. The number of sulfone groups is 1. The smallest absolute Gasteiger partial charge is 0.329 e. The van der Waals surface area contributed by atoms with Crippen LogP contribution in [0.2, 0.25) is 0 Å². The van der Waals surface area contributed by atoms with E-state index in [1.807, 2.05) is 0 Å². The van der Waals surface area contributed by atoms with E-state index < -0.39 is 32.5 Å². The van der Waals surface area contributed by atoms with Crippen LogP contribution in [0.1, 0.15) is 39.0 Å². The van der Waals surface area contributed by atoms with Crippen LogP contribution in [0, 0.1) is 5.92 Å². The number of carboxylic acid groups (broad SMARTS) is 1. The third-order valence-electron chi connectivity index (χ3n) is 4.09. The van der Waals surface area contributed by atoms with Gasteiger partial charge in [-0.05, 0) is 38.5 Å². The van der Waals surface area contributed by atoms with E-state index >= 15 is 0 Å². The minimum atomic E-state index is -3.43. The molecular formula is C12H19NO5S. The van der Waals surface area contributed by atoms with E-state index in [9.17, 15) is 23.1 Å². The molecule has 2 rings (SSSR count).